The fourth-order valence-electron chi connectivity index (χ4n) is 2.49. The molecule has 0 radical (unpaired) electrons. The third-order valence-corrected chi connectivity index (χ3v) is 4.07. The third kappa shape index (κ3) is 4.50. The maximum absolute atomic E-state index is 12.2. The average molecular weight is 295 g/mol. The van der Waals surface area contributed by atoms with Crippen LogP contribution in [0.1, 0.15) is 25.3 Å². The maximum Gasteiger partial charge on any atom is 0.227 e. The van der Waals surface area contributed by atoms with E-state index in [9.17, 15) is 4.79 Å². The first kappa shape index (κ1) is 15.3. The van der Waals surface area contributed by atoms with Crippen LogP contribution in [0.5, 0.6) is 0 Å². The fraction of sp³-hybridized carbons (Fsp3) is 0.562. The third-order valence-electron chi connectivity index (χ3n) is 3.82. The summed E-state index contributed by atoms with van der Waals surface area (Å²) in [5, 5.41) is 0.714. The first-order valence-corrected chi connectivity index (χ1v) is 7.81. The Morgan fingerprint density at radius 2 is 1.80 bits per heavy atom. The zero-order valence-electron chi connectivity index (χ0n) is 12.1. The van der Waals surface area contributed by atoms with E-state index in [-0.39, 0.29) is 5.91 Å². The minimum absolute atomic E-state index is 0.225. The van der Waals surface area contributed by atoms with Crippen LogP contribution in [0.2, 0.25) is 5.02 Å². The quantitative estimate of drug-likeness (QED) is 0.834. The lowest BCUT2D eigenvalue weighted by molar-refractivity contribution is -0.132. The second kappa shape index (κ2) is 7.65. The molecule has 1 aromatic rings. The number of rotatable bonds is 5. The van der Waals surface area contributed by atoms with Crippen LogP contribution in [0.4, 0.5) is 0 Å². The number of piperazine rings is 1. The van der Waals surface area contributed by atoms with E-state index in [4.69, 9.17) is 11.6 Å². The summed E-state index contributed by atoms with van der Waals surface area (Å²) in [6.45, 7) is 7.10. The summed E-state index contributed by atoms with van der Waals surface area (Å²) < 4.78 is 0. The Kier molecular flexibility index (Phi) is 5.86. The molecule has 2 rings (SSSR count). The molecule has 1 aliphatic heterocycles. The van der Waals surface area contributed by atoms with Gasteiger partial charge < -0.3 is 4.90 Å². The molecule has 1 saturated heterocycles. The topological polar surface area (TPSA) is 23.6 Å². The van der Waals surface area contributed by atoms with Crippen LogP contribution in [0.25, 0.3) is 0 Å². The largest absolute Gasteiger partial charge is 0.340 e. The van der Waals surface area contributed by atoms with Gasteiger partial charge in [-0.25, -0.2) is 0 Å². The predicted molar refractivity (Wildman–Crippen MR) is 83.1 cm³/mol. The lowest BCUT2D eigenvalue weighted by atomic mass is 10.1. The molecule has 0 aromatic heterocycles. The molecule has 1 aromatic carbocycles. The van der Waals surface area contributed by atoms with E-state index in [1.807, 2.05) is 29.2 Å². The van der Waals surface area contributed by atoms with E-state index in [1.165, 1.54) is 12.8 Å². The number of hydrogen-bond donors (Lipinski definition) is 0. The van der Waals surface area contributed by atoms with E-state index in [2.05, 4.69) is 11.8 Å². The summed E-state index contributed by atoms with van der Waals surface area (Å²) in [6, 6.07) is 7.54. The van der Waals surface area contributed by atoms with Gasteiger partial charge in [-0.05, 0) is 30.7 Å². The van der Waals surface area contributed by atoms with Crippen molar-refractivity contribution in [3.63, 3.8) is 0 Å². The molecule has 1 amide bonds. The van der Waals surface area contributed by atoms with E-state index >= 15 is 0 Å². The zero-order chi connectivity index (χ0) is 14.4. The maximum atomic E-state index is 12.2. The summed E-state index contributed by atoms with van der Waals surface area (Å²) in [4.78, 5) is 16.7. The number of nitrogens with zero attached hydrogens (tertiary/aromatic N) is 2. The number of hydrogen-bond acceptors (Lipinski definition) is 2. The van der Waals surface area contributed by atoms with Gasteiger partial charge >= 0.3 is 0 Å². The molecule has 0 unspecified atom stereocenters. The molecule has 1 aliphatic rings. The molecule has 4 heteroatoms. The van der Waals surface area contributed by atoms with Crippen molar-refractivity contribution < 1.29 is 4.79 Å². The average Bonchev–Trinajstić information content (AvgIpc) is 2.48. The van der Waals surface area contributed by atoms with Crippen molar-refractivity contribution in [1.29, 1.82) is 0 Å². The summed E-state index contributed by atoms with van der Waals surface area (Å²) in [5.41, 5.74) is 1.04. The van der Waals surface area contributed by atoms with Gasteiger partial charge in [-0.3, -0.25) is 9.69 Å². The Bertz CT molecular complexity index is 425. The number of amides is 1. The summed E-state index contributed by atoms with van der Waals surface area (Å²) in [6.07, 6.45) is 2.96. The predicted octanol–water partition coefficient (Wildman–Crippen LogP) is 2.83. The van der Waals surface area contributed by atoms with Crippen LogP contribution in [-0.2, 0) is 11.2 Å². The van der Waals surface area contributed by atoms with Crippen molar-refractivity contribution in [2.45, 2.75) is 26.2 Å². The number of halogens is 1. The van der Waals surface area contributed by atoms with Gasteiger partial charge in [-0.1, -0.05) is 37.1 Å². The van der Waals surface area contributed by atoms with Gasteiger partial charge in [0.2, 0.25) is 5.91 Å². The fourth-order valence-corrected chi connectivity index (χ4v) is 2.62. The molecule has 20 heavy (non-hydrogen) atoms. The standard InChI is InChI=1S/C16H23ClN2O/c1-2-3-8-18-9-11-19(12-10-18)16(20)13-14-4-6-15(17)7-5-14/h4-7H,2-3,8-13H2,1H3. The Balaban J connectivity index is 1.78. The second-order valence-corrected chi connectivity index (χ2v) is 5.82. The molecule has 0 N–H and O–H groups in total. The highest BCUT2D eigenvalue weighted by molar-refractivity contribution is 6.30. The first-order valence-electron chi connectivity index (χ1n) is 7.43. The van der Waals surface area contributed by atoms with Gasteiger partial charge in [-0.15, -0.1) is 0 Å². The molecule has 0 bridgehead atoms. The Morgan fingerprint density at radius 3 is 2.40 bits per heavy atom. The van der Waals surface area contributed by atoms with E-state index in [0.29, 0.717) is 11.4 Å². The van der Waals surface area contributed by atoms with Crippen molar-refractivity contribution in [1.82, 2.24) is 9.80 Å². The highest BCUT2D eigenvalue weighted by Crippen LogP contribution is 2.12. The number of benzene rings is 1. The SMILES string of the molecule is CCCCN1CCN(C(=O)Cc2ccc(Cl)cc2)CC1. The lowest BCUT2D eigenvalue weighted by Crippen LogP contribution is -2.49. The van der Waals surface area contributed by atoms with Gasteiger partial charge in [0, 0.05) is 31.2 Å². The van der Waals surface area contributed by atoms with Crippen LogP contribution in [0.15, 0.2) is 24.3 Å². The molecule has 110 valence electrons. The van der Waals surface area contributed by atoms with Gasteiger partial charge in [-0.2, -0.15) is 0 Å². The highest BCUT2D eigenvalue weighted by atomic mass is 35.5. The van der Waals surface area contributed by atoms with E-state index < -0.39 is 0 Å². The number of carbonyl (C=O) groups is 1. The molecular weight excluding hydrogens is 272 g/mol. The smallest absolute Gasteiger partial charge is 0.227 e. The van der Waals surface area contributed by atoms with Crippen molar-refractivity contribution >= 4 is 17.5 Å². The van der Waals surface area contributed by atoms with Crippen LogP contribution >= 0.6 is 11.6 Å². The minimum atomic E-state index is 0.225. The van der Waals surface area contributed by atoms with Gasteiger partial charge in [0.05, 0.1) is 6.42 Å². The van der Waals surface area contributed by atoms with Crippen molar-refractivity contribution in [2.75, 3.05) is 32.7 Å². The number of unbranched alkanes of at least 4 members (excludes halogenated alkanes) is 1. The van der Waals surface area contributed by atoms with Gasteiger partial charge in [0.25, 0.3) is 0 Å². The number of carbonyl (C=O) groups excluding carboxylic acids is 1. The first-order chi connectivity index (χ1) is 9.69. The molecule has 0 spiro atoms. The Hall–Kier alpha value is -1.06. The molecule has 0 atom stereocenters. The zero-order valence-corrected chi connectivity index (χ0v) is 12.9. The molecule has 1 fully saturated rings. The second-order valence-electron chi connectivity index (χ2n) is 5.38. The van der Waals surface area contributed by atoms with Crippen molar-refractivity contribution in [3.05, 3.63) is 34.9 Å². The Morgan fingerprint density at radius 1 is 1.15 bits per heavy atom. The van der Waals surface area contributed by atoms with Crippen LogP contribution in [0, 0.1) is 0 Å². The van der Waals surface area contributed by atoms with Crippen molar-refractivity contribution in [3.8, 4) is 0 Å². The summed E-state index contributed by atoms with van der Waals surface area (Å²) >= 11 is 5.85. The van der Waals surface area contributed by atoms with Crippen LogP contribution < -0.4 is 0 Å². The summed E-state index contributed by atoms with van der Waals surface area (Å²) in [5.74, 6) is 0.225. The van der Waals surface area contributed by atoms with E-state index in [1.54, 1.807) is 0 Å². The minimum Gasteiger partial charge on any atom is -0.340 e. The van der Waals surface area contributed by atoms with E-state index in [0.717, 1.165) is 38.3 Å². The van der Waals surface area contributed by atoms with Crippen molar-refractivity contribution in [2.24, 2.45) is 0 Å². The van der Waals surface area contributed by atoms with Gasteiger partial charge in [0.1, 0.15) is 0 Å². The highest BCUT2D eigenvalue weighted by Gasteiger charge is 2.20. The monoisotopic (exact) mass is 294 g/mol. The lowest BCUT2D eigenvalue weighted by Gasteiger charge is -2.34. The molecule has 0 aliphatic carbocycles. The molecule has 3 nitrogen and oxygen atoms in total. The molecular formula is C16H23ClN2O. The van der Waals surface area contributed by atoms with Gasteiger partial charge in [0.15, 0.2) is 0 Å². The molecule has 1 heterocycles. The van der Waals surface area contributed by atoms with Crippen LogP contribution in [0.3, 0.4) is 0 Å². The molecule has 0 saturated carbocycles. The van der Waals surface area contributed by atoms with Crippen LogP contribution in [-0.4, -0.2) is 48.4 Å². The Labute approximate surface area is 126 Å². The normalized spacial score (nSPS) is 16.4. The summed E-state index contributed by atoms with van der Waals surface area (Å²) in [7, 11) is 0.